The Labute approximate surface area is 193 Å². The highest BCUT2D eigenvalue weighted by Gasteiger charge is 1.68. The first-order chi connectivity index (χ1) is 13.4. The summed E-state index contributed by atoms with van der Waals surface area (Å²) < 4.78 is 2.00. The zero-order chi connectivity index (χ0) is 23.9. The second-order valence-corrected chi connectivity index (χ2v) is 2.23. The van der Waals surface area contributed by atoms with Crippen LogP contribution in [0.1, 0.15) is 127 Å². The summed E-state index contributed by atoms with van der Waals surface area (Å²) in [5.74, 6) is 0. The number of H-pyrrole nitrogens is 1. The van der Waals surface area contributed by atoms with Crippen LogP contribution in [0.25, 0.3) is 0 Å². The fourth-order valence-electron chi connectivity index (χ4n) is 0.698. The van der Waals surface area contributed by atoms with Crippen molar-refractivity contribution in [1.29, 1.82) is 0 Å². The molecule has 0 radical (unpaired) electrons. The number of aryl methyl sites for hydroxylation is 1. The van der Waals surface area contributed by atoms with Crippen LogP contribution >= 0.6 is 0 Å². The Hall–Kier alpha value is -1.44. The Bertz CT molecular complexity index is 235. The molecule has 2 aromatic heterocycles. The average molecular weight is 422 g/mol. The lowest BCUT2D eigenvalue weighted by molar-refractivity contribution is 0.928. The molecule has 0 aliphatic carbocycles. The number of hydrogen-bond donors (Lipinski definition) is 1. The second kappa shape index (κ2) is 156. The minimum absolute atomic E-state index is 0. The van der Waals surface area contributed by atoms with Crippen molar-refractivity contribution < 1.29 is 1.43 Å². The Morgan fingerprint density at radius 3 is 0.724 bits per heavy atom. The summed E-state index contributed by atoms with van der Waals surface area (Å²) in [6.07, 6.45) is 7.75. The highest BCUT2D eigenvalue weighted by molar-refractivity contribution is 4.88. The molecule has 188 valence electrons. The lowest BCUT2D eigenvalue weighted by Gasteiger charge is -1.79. The third kappa shape index (κ3) is 144. The highest BCUT2D eigenvalue weighted by atomic mass is 14.9. The van der Waals surface area contributed by atoms with Gasteiger partial charge in [0, 0.05) is 31.8 Å². The molecule has 0 bridgehead atoms. The lowest BCUT2D eigenvalue weighted by atomic mass is 10.7. The normalized spacial score (nSPS) is 4.86. The molecule has 2 rings (SSSR count). The number of nitrogens with zero attached hydrogens (tertiary/aromatic N) is 1. The molecule has 2 heteroatoms. The summed E-state index contributed by atoms with van der Waals surface area (Å²) in [7, 11) is 2.00. The maximum Gasteiger partial charge on any atom is 0.0106 e. The van der Waals surface area contributed by atoms with Crippen LogP contribution in [-0.4, -0.2) is 9.55 Å². The van der Waals surface area contributed by atoms with Gasteiger partial charge in [0.25, 0.3) is 0 Å². The van der Waals surface area contributed by atoms with Crippen molar-refractivity contribution in [2.75, 3.05) is 0 Å². The van der Waals surface area contributed by atoms with E-state index >= 15 is 0 Å². The molecule has 29 heavy (non-hydrogen) atoms. The van der Waals surface area contributed by atoms with Crippen molar-refractivity contribution in [2.45, 2.75) is 126 Å². The van der Waals surface area contributed by atoms with Gasteiger partial charge in [-0.2, -0.15) is 0 Å². The second-order valence-electron chi connectivity index (χ2n) is 2.23. The number of aromatic nitrogens is 2. The zero-order valence-corrected chi connectivity index (χ0v) is 22.6. The van der Waals surface area contributed by atoms with Gasteiger partial charge < -0.3 is 11.0 Å². The van der Waals surface area contributed by atoms with Crippen LogP contribution in [0.2, 0.25) is 0 Å². The molecule has 0 aliphatic heterocycles. The smallest absolute Gasteiger partial charge is 0.0106 e. The summed E-state index contributed by atoms with van der Waals surface area (Å²) in [6.45, 7) is 32.0. The van der Waals surface area contributed by atoms with E-state index in [0.717, 1.165) is 0 Å². The molecule has 0 atom stereocenters. The summed E-state index contributed by atoms with van der Waals surface area (Å²) in [6, 6.07) is 7.89. The molecular formula is C27H69N2-. The van der Waals surface area contributed by atoms with Gasteiger partial charge in [-0.3, -0.25) is 0 Å². The Balaban J connectivity index is -0.0000000155. The molecule has 0 aliphatic rings. The van der Waals surface area contributed by atoms with E-state index in [0.29, 0.717) is 0 Å². The standard InChI is InChI=1S/C5H7N.C4H5N.8C2H6.2CH4.H/c1-6-4-2-3-5-6;1-2-4-5-3-1;8*1-2;;;/h2-5H,1H3;1-5H;8*1-2H3;2*1H4;/q;;;;;;;;;;;;-1. The lowest BCUT2D eigenvalue weighted by Crippen LogP contribution is -1.75. The first-order valence-corrected chi connectivity index (χ1v) is 11.5. The van der Waals surface area contributed by atoms with Crippen LogP contribution in [0.5, 0.6) is 0 Å². The number of nitrogens with one attached hydrogen (secondary N) is 1. The fourth-order valence-corrected chi connectivity index (χ4v) is 0.698. The van der Waals surface area contributed by atoms with E-state index < -0.39 is 0 Å². The third-order valence-corrected chi connectivity index (χ3v) is 1.25. The predicted octanol–water partition coefficient (Wildman–Crippen LogP) is 11.6. The molecule has 0 amide bonds. The van der Waals surface area contributed by atoms with Crippen molar-refractivity contribution in [1.82, 2.24) is 9.55 Å². The van der Waals surface area contributed by atoms with Gasteiger partial charge >= 0.3 is 0 Å². The van der Waals surface area contributed by atoms with Gasteiger partial charge in [0.1, 0.15) is 0 Å². The van der Waals surface area contributed by atoms with Crippen molar-refractivity contribution in [2.24, 2.45) is 7.05 Å². The van der Waals surface area contributed by atoms with Gasteiger partial charge in [-0.05, 0) is 24.3 Å². The monoisotopic (exact) mass is 422 g/mol. The highest BCUT2D eigenvalue weighted by Crippen LogP contribution is 1.80. The topological polar surface area (TPSA) is 20.7 Å². The van der Waals surface area contributed by atoms with Gasteiger partial charge in [0.2, 0.25) is 0 Å². The number of aromatic amines is 1. The molecule has 0 unspecified atom stereocenters. The maximum atomic E-state index is 2.86. The molecule has 0 saturated heterocycles. The van der Waals surface area contributed by atoms with Crippen LogP contribution in [0.3, 0.4) is 0 Å². The van der Waals surface area contributed by atoms with Crippen LogP contribution in [0.4, 0.5) is 0 Å². The van der Waals surface area contributed by atoms with E-state index in [1.54, 1.807) is 0 Å². The van der Waals surface area contributed by atoms with Crippen molar-refractivity contribution >= 4 is 0 Å². The first kappa shape index (κ1) is 63.1. The van der Waals surface area contributed by atoms with Crippen LogP contribution in [0.15, 0.2) is 49.1 Å². The Morgan fingerprint density at radius 1 is 0.448 bits per heavy atom. The third-order valence-electron chi connectivity index (χ3n) is 1.25. The Kier molecular flexibility index (Phi) is 338. The maximum absolute atomic E-state index is 2.86. The number of hydrogen-bond acceptors (Lipinski definition) is 0. The van der Waals surface area contributed by atoms with Gasteiger partial charge in [-0.15, -0.1) is 0 Å². The van der Waals surface area contributed by atoms with Crippen LogP contribution in [0, 0.1) is 0 Å². The van der Waals surface area contributed by atoms with E-state index in [-0.39, 0.29) is 16.3 Å². The van der Waals surface area contributed by atoms with Crippen molar-refractivity contribution in [3.05, 3.63) is 49.1 Å². The summed E-state index contributed by atoms with van der Waals surface area (Å²) in [4.78, 5) is 2.86. The Morgan fingerprint density at radius 2 is 0.655 bits per heavy atom. The average Bonchev–Trinajstić information content (AvgIpc) is 3.57. The van der Waals surface area contributed by atoms with Gasteiger partial charge in [-0.1, -0.05) is 126 Å². The molecular weight excluding hydrogens is 352 g/mol. The SMILES string of the molecule is C.C.CC.CC.CC.CC.CC.CC.CC.CC.Cn1cccc1.[H-].c1cc[nH]c1. The minimum atomic E-state index is 0. The van der Waals surface area contributed by atoms with Crippen LogP contribution in [-0.2, 0) is 7.05 Å². The molecule has 2 heterocycles. The van der Waals surface area contributed by atoms with Crippen molar-refractivity contribution in [3.8, 4) is 0 Å². The fraction of sp³-hybridized carbons (Fsp3) is 0.704. The summed E-state index contributed by atoms with van der Waals surface area (Å²) in [5.41, 5.74) is 0. The summed E-state index contributed by atoms with van der Waals surface area (Å²) in [5, 5.41) is 0. The largest absolute Gasteiger partial charge is 1.00 e. The molecule has 0 saturated carbocycles. The van der Waals surface area contributed by atoms with Gasteiger partial charge in [0.05, 0.1) is 0 Å². The molecule has 1 N–H and O–H groups in total. The van der Waals surface area contributed by atoms with Gasteiger partial charge in [-0.25, -0.2) is 0 Å². The molecule has 2 nitrogen and oxygen atoms in total. The minimum Gasteiger partial charge on any atom is -1.00 e. The van der Waals surface area contributed by atoms with Crippen LogP contribution < -0.4 is 0 Å². The first-order valence-electron chi connectivity index (χ1n) is 11.5. The van der Waals surface area contributed by atoms with E-state index in [4.69, 9.17) is 0 Å². The summed E-state index contributed by atoms with van der Waals surface area (Å²) >= 11 is 0. The van der Waals surface area contributed by atoms with E-state index in [1.165, 1.54) is 0 Å². The van der Waals surface area contributed by atoms with E-state index in [1.807, 2.05) is 171 Å². The number of rotatable bonds is 0. The molecule has 0 spiro atoms. The van der Waals surface area contributed by atoms with E-state index in [2.05, 4.69) is 4.98 Å². The quantitative estimate of drug-likeness (QED) is 0.436. The van der Waals surface area contributed by atoms with Gasteiger partial charge in [0.15, 0.2) is 0 Å². The van der Waals surface area contributed by atoms with E-state index in [9.17, 15) is 0 Å². The van der Waals surface area contributed by atoms with Crippen molar-refractivity contribution in [3.63, 3.8) is 0 Å². The molecule has 0 aromatic carbocycles. The predicted molar refractivity (Wildman–Crippen MR) is 152 cm³/mol. The molecule has 2 aromatic rings. The molecule has 0 fully saturated rings. The zero-order valence-electron chi connectivity index (χ0n) is 23.6.